The van der Waals surface area contributed by atoms with Gasteiger partial charge in [0.05, 0.1) is 17.5 Å². The van der Waals surface area contributed by atoms with Crippen LogP contribution in [0, 0.1) is 6.92 Å². The quantitative estimate of drug-likeness (QED) is 0.400. The molecule has 0 aliphatic rings. The molecule has 9 heteroatoms. The zero-order valence-corrected chi connectivity index (χ0v) is 18.5. The van der Waals surface area contributed by atoms with Crippen LogP contribution in [-0.2, 0) is 28.9 Å². The fourth-order valence-corrected chi connectivity index (χ4v) is 4.86. The average Bonchev–Trinajstić information content (AvgIpc) is 3.15. The Bertz CT molecular complexity index is 1410. The third kappa shape index (κ3) is 4.83. The summed E-state index contributed by atoms with van der Waals surface area (Å²) in [5.74, 6) is -0.198. The van der Waals surface area contributed by atoms with E-state index >= 15 is 0 Å². The van der Waals surface area contributed by atoms with Crippen molar-refractivity contribution in [2.24, 2.45) is 0 Å². The number of sulfonamides is 1. The Morgan fingerprint density at radius 3 is 2.59 bits per heavy atom. The van der Waals surface area contributed by atoms with E-state index in [4.69, 9.17) is 5.73 Å². The molecule has 0 saturated carbocycles. The second-order valence-electron chi connectivity index (χ2n) is 7.73. The molecule has 0 atom stereocenters. The van der Waals surface area contributed by atoms with Crippen LogP contribution in [0.3, 0.4) is 0 Å². The number of anilines is 2. The highest BCUT2D eigenvalue weighted by molar-refractivity contribution is 7.91. The van der Waals surface area contributed by atoms with Gasteiger partial charge in [0.25, 0.3) is 5.56 Å². The monoisotopic (exact) mass is 451 g/mol. The summed E-state index contributed by atoms with van der Waals surface area (Å²) in [6.07, 6.45) is 2.43. The SMILES string of the molecule is Cc1ccc(NS(=O)(=O)Cc2ccccc2)c(=O)n1CCCn1ncc2ccc(N)cc21. The van der Waals surface area contributed by atoms with Gasteiger partial charge in [-0.2, -0.15) is 5.10 Å². The van der Waals surface area contributed by atoms with E-state index < -0.39 is 10.0 Å². The second kappa shape index (κ2) is 8.88. The number of hydrogen-bond acceptors (Lipinski definition) is 5. The highest BCUT2D eigenvalue weighted by Crippen LogP contribution is 2.17. The van der Waals surface area contributed by atoms with Crippen LogP contribution in [0.2, 0.25) is 0 Å². The molecule has 0 aliphatic heterocycles. The summed E-state index contributed by atoms with van der Waals surface area (Å²) in [6, 6.07) is 17.7. The Hall–Kier alpha value is -3.59. The van der Waals surface area contributed by atoms with Crippen LogP contribution < -0.4 is 16.0 Å². The molecule has 2 aromatic carbocycles. The molecule has 4 rings (SSSR count). The van der Waals surface area contributed by atoms with Gasteiger partial charge in [0, 0.05) is 29.9 Å². The van der Waals surface area contributed by atoms with Crippen molar-refractivity contribution in [1.29, 1.82) is 0 Å². The molecule has 0 bridgehead atoms. The van der Waals surface area contributed by atoms with Gasteiger partial charge in [0.15, 0.2) is 0 Å². The zero-order valence-electron chi connectivity index (χ0n) is 17.7. The molecule has 0 aliphatic carbocycles. The summed E-state index contributed by atoms with van der Waals surface area (Å²) < 4.78 is 31.0. The fourth-order valence-electron chi connectivity index (χ4n) is 3.67. The van der Waals surface area contributed by atoms with Crippen molar-refractivity contribution in [3.63, 3.8) is 0 Å². The second-order valence-corrected chi connectivity index (χ2v) is 9.45. The van der Waals surface area contributed by atoms with Gasteiger partial charge in [-0.3, -0.25) is 14.2 Å². The van der Waals surface area contributed by atoms with E-state index in [0.717, 1.165) is 16.6 Å². The van der Waals surface area contributed by atoms with Gasteiger partial charge in [0.1, 0.15) is 5.69 Å². The summed E-state index contributed by atoms with van der Waals surface area (Å²) in [6.45, 7) is 2.86. The first-order chi connectivity index (χ1) is 15.3. The molecule has 0 unspecified atom stereocenters. The molecule has 32 heavy (non-hydrogen) atoms. The minimum Gasteiger partial charge on any atom is -0.399 e. The maximum Gasteiger partial charge on any atom is 0.275 e. The van der Waals surface area contributed by atoms with E-state index in [2.05, 4.69) is 9.82 Å². The lowest BCUT2D eigenvalue weighted by atomic mass is 10.2. The zero-order chi connectivity index (χ0) is 22.7. The largest absolute Gasteiger partial charge is 0.399 e. The summed E-state index contributed by atoms with van der Waals surface area (Å²) in [5, 5.41) is 5.40. The molecule has 166 valence electrons. The first-order valence-corrected chi connectivity index (χ1v) is 11.9. The van der Waals surface area contributed by atoms with Crippen molar-refractivity contribution < 1.29 is 8.42 Å². The van der Waals surface area contributed by atoms with Gasteiger partial charge in [0.2, 0.25) is 10.0 Å². The van der Waals surface area contributed by atoms with E-state index in [1.807, 2.05) is 35.9 Å². The predicted octanol–water partition coefficient (Wildman–Crippen LogP) is 3.12. The lowest BCUT2D eigenvalue weighted by molar-refractivity contribution is 0.524. The molecule has 0 amide bonds. The molecule has 8 nitrogen and oxygen atoms in total. The Morgan fingerprint density at radius 1 is 1.03 bits per heavy atom. The molecule has 0 radical (unpaired) electrons. The third-order valence-corrected chi connectivity index (χ3v) is 6.52. The van der Waals surface area contributed by atoms with Crippen LogP contribution in [-0.4, -0.2) is 22.8 Å². The maximum absolute atomic E-state index is 13.0. The Kier molecular flexibility index (Phi) is 6.00. The van der Waals surface area contributed by atoms with Crippen molar-refractivity contribution in [2.45, 2.75) is 32.2 Å². The number of hydrogen-bond donors (Lipinski definition) is 2. The molecule has 0 fully saturated rings. The Labute approximate surface area is 186 Å². The average molecular weight is 452 g/mol. The minimum absolute atomic E-state index is 0.0452. The first kappa shape index (κ1) is 21.6. The fraction of sp³-hybridized carbons (Fsp3) is 0.217. The van der Waals surface area contributed by atoms with Crippen LogP contribution in [0.25, 0.3) is 10.9 Å². The Morgan fingerprint density at radius 2 is 1.81 bits per heavy atom. The topological polar surface area (TPSA) is 112 Å². The number of nitrogens with zero attached hydrogens (tertiary/aromatic N) is 3. The van der Waals surface area contributed by atoms with E-state index in [9.17, 15) is 13.2 Å². The van der Waals surface area contributed by atoms with Crippen molar-refractivity contribution in [3.8, 4) is 0 Å². The number of nitrogen functional groups attached to an aromatic ring is 1. The van der Waals surface area contributed by atoms with E-state index in [1.165, 1.54) is 6.07 Å². The summed E-state index contributed by atoms with van der Waals surface area (Å²) in [4.78, 5) is 13.0. The molecular weight excluding hydrogens is 426 g/mol. The standard InChI is InChI=1S/C23H25N5O3S/c1-17-8-11-21(26-32(30,31)16-18-6-3-2-4-7-18)23(29)27(17)12-5-13-28-22-14-20(24)10-9-19(22)15-25-28/h2-4,6-11,14-15,26H,5,12-13,16,24H2,1H3. The van der Waals surface area contributed by atoms with Crippen molar-refractivity contribution >= 4 is 32.3 Å². The number of rotatable bonds is 8. The van der Waals surface area contributed by atoms with Crippen LogP contribution in [0.4, 0.5) is 11.4 Å². The third-order valence-electron chi connectivity index (χ3n) is 5.28. The van der Waals surface area contributed by atoms with Crippen molar-refractivity contribution in [2.75, 3.05) is 10.5 Å². The highest BCUT2D eigenvalue weighted by atomic mass is 32.2. The van der Waals surface area contributed by atoms with Crippen LogP contribution in [0.1, 0.15) is 17.7 Å². The number of aromatic nitrogens is 3. The number of nitrogens with one attached hydrogen (secondary N) is 1. The molecule has 2 heterocycles. The first-order valence-electron chi connectivity index (χ1n) is 10.3. The molecule has 0 spiro atoms. The van der Waals surface area contributed by atoms with Crippen LogP contribution >= 0.6 is 0 Å². The number of nitrogens with two attached hydrogens (primary N) is 1. The number of pyridine rings is 1. The maximum atomic E-state index is 13.0. The molecule has 4 aromatic rings. The number of aryl methyl sites for hydroxylation is 2. The van der Waals surface area contributed by atoms with Gasteiger partial charge >= 0.3 is 0 Å². The summed E-state index contributed by atoms with van der Waals surface area (Å²) in [5.41, 5.74) is 8.59. The lowest BCUT2D eigenvalue weighted by Gasteiger charge is -2.14. The van der Waals surface area contributed by atoms with E-state index in [-0.39, 0.29) is 17.0 Å². The van der Waals surface area contributed by atoms with Crippen molar-refractivity contribution in [1.82, 2.24) is 14.3 Å². The number of benzene rings is 2. The predicted molar refractivity (Wildman–Crippen MR) is 127 cm³/mol. The highest BCUT2D eigenvalue weighted by Gasteiger charge is 2.15. The number of fused-ring (bicyclic) bond motifs is 1. The van der Waals surface area contributed by atoms with E-state index in [1.54, 1.807) is 41.1 Å². The summed E-state index contributed by atoms with van der Waals surface area (Å²) in [7, 11) is -3.71. The Balaban J connectivity index is 1.48. The molecular formula is C23H25N5O3S. The van der Waals surface area contributed by atoms with Gasteiger partial charge in [-0.25, -0.2) is 8.42 Å². The summed E-state index contributed by atoms with van der Waals surface area (Å²) >= 11 is 0. The van der Waals surface area contributed by atoms with Gasteiger partial charge < -0.3 is 10.3 Å². The van der Waals surface area contributed by atoms with Gasteiger partial charge in [-0.05, 0) is 49.2 Å². The van der Waals surface area contributed by atoms with Crippen molar-refractivity contribution in [3.05, 3.63) is 88.5 Å². The molecule has 2 aromatic heterocycles. The minimum atomic E-state index is -3.71. The molecule has 0 saturated heterocycles. The normalized spacial score (nSPS) is 11.7. The smallest absolute Gasteiger partial charge is 0.275 e. The van der Waals surface area contributed by atoms with Gasteiger partial charge in [-0.1, -0.05) is 30.3 Å². The van der Waals surface area contributed by atoms with Crippen LogP contribution in [0.5, 0.6) is 0 Å². The van der Waals surface area contributed by atoms with E-state index in [0.29, 0.717) is 30.8 Å². The van der Waals surface area contributed by atoms with Gasteiger partial charge in [-0.15, -0.1) is 0 Å². The van der Waals surface area contributed by atoms with Crippen LogP contribution in [0.15, 0.2) is 71.7 Å². The molecule has 3 N–H and O–H groups in total. The lowest BCUT2D eigenvalue weighted by Crippen LogP contribution is -2.28.